The number of rotatable bonds is 14. The molecule has 3 atom stereocenters. The van der Waals surface area contributed by atoms with Gasteiger partial charge < -0.3 is 0 Å². The molecule has 0 bridgehead atoms. The molecule has 0 aliphatic rings. The molecule has 0 heterocycles. The molecule has 0 spiro atoms. The smallest absolute Gasteiger partial charge is 0.171 e. The van der Waals surface area contributed by atoms with Gasteiger partial charge in [0.2, 0.25) is 0 Å². The van der Waals surface area contributed by atoms with Gasteiger partial charge in [-0.2, -0.15) is 158 Å². The Bertz CT molecular complexity index is 1820. The number of alkyl halides is 36. The van der Waals surface area contributed by atoms with Crippen LogP contribution in [0.1, 0.15) is 314 Å². The molecule has 0 saturated heterocycles. The lowest BCUT2D eigenvalue weighted by molar-refractivity contribution is -0.327. The van der Waals surface area contributed by atoms with Crippen LogP contribution in [0.3, 0.4) is 0 Å². The number of hydrogen-bond acceptors (Lipinski definition) is 0. The van der Waals surface area contributed by atoms with Gasteiger partial charge in [0.05, 0.1) is 23.2 Å². The summed E-state index contributed by atoms with van der Waals surface area (Å²) in [6, 6.07) is 0. The molecule has 0 rings (SSSR count). The van der Waals surface area contributed by atoms with Gasteiger partial charge in [0.25, 0.3) is 0 Å². The Morgan fingerprint density at radius 2 is 0.495 bits per heavy atom. The Morgan fingerprint density at radius 3 is 0.570 bits per heavy atom. The van der Waals surface area contributed by atoms with Gasteiger partial charge >= 0.3 is 74.1 Å². The van der Waals surface area contributed by atoms with Crippen LogP contribution >= 0.6 is 0 Å². The van der Waals surface area contributed by atoms with E-state index in [4.69, 9.17) is 2.74 Å². The summed E-state index contributed by atoms with van der Waals surface area (Å²) in [5, 5.41) is 0. The van der Waals surface area contributed by atoms with Crippen LogP contribution in [0.25, 0.3) is 0 Å². The fraction of sp³-hybridized carbons (Fsp3) is 1.00. The molecule has 0 aromatic heterocycles. The van der Waals surface area contributed by atoms with Crippen molar-refractivity contribution in [3.63, 3.8) is 0 Å². The van der Waals surface area contributed by atoms with Crippen LogP contribution in [-0.2, 0) is 0 Å². The first kappa shape index (κ1) is 131. The van der Waals surface area contributed by atoms with Crippen LogP contribution in [0.2, 0.25) is 0 Å². The molecule has 0 fully saturated rings. The summed E-state index contributed by atoms with van der Waals surface area (Å²) in [7, 11) is 0. The van der Waals surface area contributed by atoms with Crippen LogP contribution in [0, 0.1) is 75.9 Å². The van der Waals surface area contributed by atoms with Crippen LogP contribution in [0.4, 0.5) is 158 Å². The molecule has 36 heteroatoms. The standard InChI is InChI=1S/2C6H8F6.2C6H11F3.C6H14.C5H6F6.2C5H9F3.2C5H12.2C4H7F3.2C4H10/c1-4(6(10,11)12)2-3-5(7,8)9;1-2-3-4(5(7,8)9)6(10,11)12;1-3-4-5(2)6(7,8)9;1-2-3-4-5-6(7,8)9;1-5(2)6(3)4;1-3(2,4(6,7)8)5(9,10)11;1-4(2,3)5(6,7)8;1-3-4(2)5(6,7)8;1-4-5(2)3;1-3-5-4-2;2*1-3(2)4(5,6)7;2*1-4(2)3/h2*4H,2-3H2,1H3;5H,3-4H2,1-2H3;2-5H2,1H3;5-6H,1-4H3;1-2H3;1-3H3;4H,3H2,1-2H3;5H,4H2,1-3H3;3-5H2,1-2H3;2*3H,1-2H3;2*4H,1-3H3/t4-;;5-;;;;;;;;;;;/m0.0.........../s1/i;;;;;;;;;;3D;;4D;. The van der Waals surface area contributed by atoms with E-state index in [0.717, 1.165) is 85.5 Å². The minimum atomic E-state index is -5.24. The average molecular weight is 1670 g/mol. The van der Waals surface area contributed by atoms with Crippen molar-refractivity contribution in [2.24, 2.45) is 75.9 Å². The second kappa shape index (κ2) is 64.8. The van der Waals surface area contributed by atoms with Gasteiger partial charge in [0, 0.05) is 27.4 Å². The highest BCUT2D eigenvalue weighted by molar-refractivity contribution is 4.84. The van der Waals surface area contributed by atoms with Crippen molar-refractivity contribution in [3.8, 4) is 0 Å². The predicted molar refractivity (Wildman–Crippen MR) is 361 cm³/mol. The van der Waals surface area contributed by atoms with E-state index in [2.05, 4.69) is 83.1 Å². The Labute approximate surface area is 620 Å². The van der Waals surface area contributed by atoms with E-state index in [1.54, 1.807) is 6.92 Å². The molecule has 670 valence electrons. The molecule has 0 aromatic carbocycles. The normalized spacial score (nSPS) is 13.8. The van der Waals surface area contributed by atoms with E-state index in [1.807, 2.05) is 27.7 Å². The molecule has 0 nitrogen and oxygen atoms in total. The zero-order chi connectivity index (χ0) is 92.8. The lowest BCUT2D eigenvalue weighted by Gasteiger charge is -2.29. The summed E-state index contributed by atoms with van der Waals surface area (Å²) in [4.78, 5) is 0. The minimum absolute atomic E-state index is 0.104. The van der Waals surface area contributed by atoms with E-state index in [0.29, 0.717) is 12.8 Å². The minimum Gasteiger partial charge on any atom is -0.171 e. The lowest BCUT2D eigenvalue weighted by Crippen LogP contribution is -2.44. The first-order valence-electron chi connectivity index (χ1n) is 35.6. The topological polar surface area (TPSA) is 0 Å². The van der Waals surface area contributed by atoms with Crippen molar-refractivity contribution in [2.75, 3.05) is 0 Å². The van der Waals surface area contributed by atoms with E-state index in [1.165, 1.54) is 53.4 Å². The summed E-state index contributed by atoms with van der Waals surface area (Å²) < 4.78 is 428. The van der Waals surface area contributed by atoms with Crippen LogP contribution in [0.5, 0.6) is 0 Å². The van der Waals surface area contributed by atoms with Crippen molar-refractivity contribution in [1.82, 2.24) is 0 Å². The average Bonchev–Trinajstić information content (AvgIpc) is 0.792. The van der Waals surface area contributed by atoms with Gasteiger partial charge in [-0.3, -0.25) is 0 Å². The fourth-order valence-corrected chi connectivity index (χ4v) is 3.26. The molecule has 0 aromatic rings. The molecule has 107 heavy (non-hydrogen) atoms. The molecule has 1 unspecified atom stereocenters. The highest BCUT2D eigenvalue weighted by Gasteiger charge is 2.64. The monoisotopic (exact) mass is 1670 g/mol. The van der Waals surface area contributed by atoms with Crippen molar-refractivity contribution >= 4 is 0 Å². The Balaban J connectivity index is -0.0000000751. The highest BCUT2D eigenvalue weighted by Crippen LogP contribution is 2.49. The highest BCUT2D eigenvalue weighted by atomic mass is 19.5. The number of halogens is 36. The zero-order valence-electron chi connectivity index (χ0n) is 70.4. The molecular weight excluding hydrogens is 1540 g/mol. The summed E-state index contributed by atoms with van der Waals surface area (Å²) >= 11 is 0. The van der Waals surface area contributed by atoms with Gasteiger partial charge in [0.15, 0.2) is 11.3 Å². The van der Waals surface area contributed by atoms with Gasteiger partial charge in [-0.1, -0.05) is 252 Å². The van der Waals surface area contributed by atoms with Crippen LogP contribution < -0.4 is 0 Å². The largest absolute Gasteiger partial charge is 0.402 e. The van der Waals surface area contributed by atoms with Crippen LogP contribution in [0.15, 0.2) is 0 Å². The summed E-state index contributed by atoms with van der Waals surface area (Å²) in [6.07, 6.45) is -50.0. The van der Waals surface area contributed by atoms with Gasteiger partial charge in [-0.05, 0) is 75.5 Å². The van der Waals surface area contributed by atoms with Crippen LogP contribution in [-0.4, -0.2) is 74.1 Å². The maximum atomic E-state index is 11.7. The molecule has 0 amide bonds. The van der Waals surface area contributed by atoms with Gasteiger partial charge in [-0.15, -0.1) is 0 Å². The van der Waals surface area contributed by atoms with E-state index in [-0.39, 0.29) is 45.4 Å². The van der Waals surface area contributed by atoms with Gasteiger partial charge in [-0.25, -0.2) is 0 Å². The quantitative estimate of drug-likeness (QED) is 0.120. The van der Waals surface area contributed by atoms with Crippen molar-refractivity contribution in [2.45, 2.75) is 385 Å². The number of unbranched alkanes of at least 4 members (excludes halogenated alkanes) is 4. The molecule has 0 aliphatic heterocycles. The first-order valence-corrected chi connectivity index (χ1v) is 34.6. The zero-order valence-corrected chi connectivity index (χ0v) is 68.4. The molecular formula is C71H134F36. The fourth-order valence-electron chi connectivity index (χ4n) is 3.26. The van der Waals surface area contributed by atoms with Crippen molar-refractivity contribution in [3.05, 3.63) is 0 Å². The molecule has 0 radical (unpaired) electrons. The molecule has 0 saturated carbocycles. The van der Waals surface area contributed by atoms with E-state index in [9.17, 15) is 158 Å². The second-order valence-corrected chi connectivity index (χ2v) is 28.6. The maximum Gasteiger partial charge on any atom is 0.402 e. The third kappa shape index (κ3) is 119. The SMILES string of the molecule is CC(C)(C(F)(F)F)C(F)(F)F.CC(C)(C)C(F)(F)F.CC(C)C.CC(C)C(C)C.CC(C)C(F)(F)F.CCC(C)C.CCC(C)C(F)(F)F.CCCC(C(F)(F)F)C(F)(F)F.CCCCC.CCCCCC(F)(F)F.CCC[C@H](C)C(F)(F)F.C[C@@H](CCC(F)(F)F)C(F)(F)F.[2H]C(C)(C)C.[2H]C(C)(C)C(F)(F)F. The van der Waals surface area contributed by atoms with E-state index >= 15 is 0 Å². The molecule has 0 N–H and O–H groups in total. The Hall–Kier alpha value is -2.52. The third-order valence-electron chi connectivity index (χ3n) is 12.6. The third-order valence-corrected chi connectivity index (χ3v) is 12.6. The second-order valence-electron chi connectivity index (χ2n) is 28.6. The maximum absolute atomic E-state index is 11.7. The summed E-state index contributed by atoms with van der Waals surface area (Å²) in [6.45, 7) is 49.2. The van der Waals surface area contributed by atoms with Gasteiger partial charge in [0.1, 0.15) is 0 Å². The summed E-state index contributed by atoms with van der Waals surface area (Å²) in [5.41, 5.74) is -5.19. The molecule has 0 aliphatic carbocycles. The Kier molecular flexibility index (Phi) is 79.2. The first-order chi connectivity index (χ1) is 46.8. The van der Waals surface area contributed by atoms with E-state index < -0.39 is 146 Å². The van der Waals surface area contributed by atoms with Crippen molar-refractivity contribution < 1.29 is 161 Å². The number of hydrogen-bond donors (Lipinski definition) is 0. The summed E-state index contributed by atoms with van der Waals surface area (Å²) in [5.74, 6) is -7.69. The van der Waals surface area contributed by atoms with Crippen molar-refractivity contribution in [1.29, 1.82) is 0 Å². The lowest BCUT2D eigenvalue weighted by atomic mass is 9.92. The predicted octanol–water partition coefficient (Wildman–Crippen LogP) is 35.8. The Morgan fingerprint density at radius 1 is 0.271 bits per heavy atom.